The molecule has 0 bridgehead atoms. The molecular formula is C26H27ClN2O3. The lowest BCUT2D eigenvalue weighted by molar-refractivity contribution is -0.136. The Kier molecular flexibility index (Phi) is 7.90. The van der Waals surface area contributed by atoms with Crippen LogP contribution in [0.2, 0.25) is 5.02 Å². The van der Waals surface area contributed by atoms with Crippen molar-refractivity contribution in [1.82, 2.24) is 4.90 Å². The van der Waals surface area contributed by atoms with Crippen LogP contribution in [0.25, 0.3) is 0 Å². The molecule has 0 fully saturated rings. The molecule has 3 aromatic rings. The van der Waals surface area contributed by atoms with Gasteiger partial charge in [-0.25, -0.2) is 0 Å². The number of hydrogen-bond donors (Lipinski definition) is 1. The Hall–Kier alpha value is -3.31. The minimum absolute atomic E-state index is 0.0922. The van der Waals surface area contributed by atoms with Gasteiger partial charge in [-0.2, -0.15) is 0 Å². The van der Waals surface area contributed by atoms with E-state index in [1.165, 1.54) is 6.92 Å². The molecule has 0 aliphatic heterocycles. The Morgan fingerprint density at radius 3 is 2.47 bits per heavy atom. The first kappa shape index (κ1) is 23.4. The summed E-state index contributed by atoms with van der Waals surface area (Å²) in [7, 11) is 0. The van der Waals surface area contributed by atoms with Crippen LogP contribution in [0.3, 0.4) is 0 Å². The van der Waals surface area contributed by atoms with Gasteiger partial charge >= 0.3 is 0 Å². The van der Waals surface area contributed by atoms with Crippen LogP contribution in [-0.2, 0) is 16.1 Å². The van der Waals surface area contributed by atoms with Crippen molar-refractivity contribution in [3.63, 3.8) is 0 Å². The molecule has 32 heavy (non-hydrogen) atoms. The molecule has 0 saturated carbocycles. The highest BCUT2D eigenvalue weighted by Gasteiger charge is 2.23. The molecule has 1 atom stereocenters. The van der Waals surface area contributed by atoms with E-state index in [-0.39, 0.29) is 24.5 Å². The van der Waals surface area contributed by atoms with E-state index in [0.29, 0.717) is 23.0 Å². The number of halogens is 1. The van der Waals surface area contributed by atoms with Crippen LogP contribution in [0.4, 0.5) is 5.69 Å². The van der Waals surface area contributed by atoms with Gasteiger partial charge in [0.25, 0.3) is 5.91 Å². The van der Waals surface area contributed by atoms with Crippen molar-refractivity contribution in [1.29, 1.82) is 0 Å². The minimum atomic E-state index is -0.230. The largest absolute Gasteiger partial charge is 0.483 e. The van der Waals surface area contributed by atoms with E-state index >= 15 is 0 Å². The van der Waals surface area contributed by atoms with Crippen LogP contribution in [-0.4, -0.2) is 23.3 Å². The maximum Gasteiger partial charge on any atom is 0.261 e. The summed E-state index contributed by atoms with van der Waals surface area (Å²) in [6.07, 6.45) is 0. The number of ether oxygens (including phenoxy) is 1. The summed E-state index contributed by atoms with van der Waals surface area (Å²) >= 11 is 6.02. The van der Waals surface area contributed by atoms with E-state index in [1.807, 2.05) is 68.4 Å². The quantitative estimate of drug-likeness (QED) is 0.473. The molecule has 1 N–H and O–H groups in total. The van der Waals surface area contributed by atoms with Crippen molar-refractivity contribution in [2.45, 2.75) is 33.4 Å². The van der Waals surface area contributed by atoms with Gasteiger partial charge in [-0.3, -0.25) is 9.59 Å². The Morgan fingerprint density at radius 1 is 1.03 bits per heavy atom. The smallest absolute Gasteiger partial charge is 0.261 e. The molecule has 6 heteroatoms. The van der Waals surface area contributed by atoms with Crippen molar-refractivity contribution in [2.75, 3.05) is 11.9 Å². The summed E-state index contributed by atoms with van der Waals surface area (Å²) in [6, 6.07) is 22.5. The minimum Gasteiger partial charge on any atom is -0.483 e. The van der Waals surface area contributed by atoms with Gasteiger partial charge in [-0.15, -0.1) is 0 Å². The number of nitrogens with one attached hydrogen (secondary N) is 1. The predicted octanol–water partition coefficient (Wildman–Crippen LogP) is 5.78. The van der Waals surface area contributed by atoms with E-state index in [9.17, 15) is 9.59 Å². The molecule has 2 amide bonds. The maximum absolute atomic E-state index is 13.3. The molecule has 1 unspecified atom stereocenters. The number of anilines is 1. The molecule has 0 spiro atoms. The molecule has 0 aliphatic rings. The van der Waals surface area contributed by atoms with Gasteiger partial charge < -0.3 is 15.0 Å². The molecule has 0 heterocycles. The summed E-state index contributed by atoms with van der Waals surface area (Å²) in [5, 5.41) is 3.42. The summed E-state index contributed by atoms with van der Waals surface area (Å²) in [5.41, 5.74) is 3.51. The van der Waals surface area contributed by atoms with Gasteiger partial charge in [0.05, 0.1) is 6.04 Å². The van der Waals surface area contributed by atoms with Crippen LogP contribution < -0.4 is 10.1 Å². The lowest BCUT2D eigenvalue weighted by Crippen LogP contribution is -2.36. The van der Waals surface area contributed by atoms with Crippen molar-refractivity contribution in [2.24, 2.45) is 0 Å². The Balaban J connectivity index is 1.82. The van der Waals surface area contributed by atoms with Crippen LogP contribution in [0.5, 0.6) is 5.75 Å². The molecule has 5 nitrogen and oxygen atoms in total. The third kappa shape index (κ3) is 6.34. The molecule has 0 aromatic heterocycles. The zero-order chi connectivity index (χ0) is 23.1. The number of benzene rings is 3. The lowest BCUT2D eigenvalue weighted by atomic mass is 10.0. The second-order valence-electron chi connectivity index (χ2n) is 7.69. The van der Waals surface area contributed by atoms with Gasteiger partial charge in [0.1, 0.15) is 5.75 Å². The fourth-order valence-corrected chi connectivity index (χ4v) is 3.70. The molecule has 0 aliphatic carbocycles. The average molecular weight is 451 g/mol. The first-order valence-corrected chi connectivity index (χ1v) is 10.8. The first-order chi connectivity index (χ1) is 15.3. The van der Waals surface area contributed by atoms with Gasteiger partial charge in [0, 0.05) is 24.2 Å². The maximum atomic E-state index is 13.3. The van der Waals surface area contributed by atoms with Gasteiger partial charge in [-0.05, 0) is 60.9 Å². The number of rotatable bonds is 8. The standard InChI is InChI=1S/C26H27ClN2O3/c1-18-14-23(27)12-13-25(18)32-17-26(31)29(16-21-8-5-4-6-9-21)19(2)22-10-7-11-24(15-22)28-20(3)30/h4-15,19H,16-17H2,1-3H3,(H,28,30). The SMILES string of the molecule is CC(=O)Nc1cccc(C(C)N(Cc2ccccc2)C(=O)COc2ccc(Cl)cc2C)c1. The first-order valence-electron chi connectivity index (χ1n) is 10.4. The van der Waals surface area contributed by atoms with E-state index < -0.39 is 0 Å². The highest BCUT2D eigenvalue weighted by Crippen LogP contribution is 2.26. The summed E-state index contributed by atoms with van der Waals surface area (Å²) in [4.78, 5) is 26.5. The number of carbonyl (C=O) groups is 2. The lowest BCUT2D eigenvalue weighted by Gasteiger charge is -2.30. The zero-order valence-electron chi connectivity index (χ0n) is 18.5. The third-order valence-corrected chi connectivity index (χ3v) is 5.40. The molecule has 0 radical (unpaired) electrons. The Morgan fingerprint density at radius 2 is 1.78 bits per heavy atom. The highest BCUT2D eigenvalue weighted by molar-refractivity contribution is 6.30. The Labute approximate surface area is 194 Å². The molecule has 3 rings (SSSR count). The van der Waals surface area contributed by atoms with Gasteiger partial charge in [-0.1, -0.05) is 54.1 Å². The summed E-state index contributed by atoms with van der Waals surface area (Å²) in [5.74, 6) is 0.349. The number of carbonyl (C=O) groups excluding carboxylic acids is 2. The monoisotopic (exact) mass is 450 g/mol. The highest BCUT2D eigenvalue weighted by atomic mass is 35.5. The zero-order valence-corrected chi connectivity index (χ0v) is 19.2. The van der Waals surface area contributed by atoms with Crippen LogP contribution in [0.1, 0.15) is 36.6 Å². The van der Waals surface area contributed by atoms with E-state index in [0.717, 1.165) is 16.7 Å². The van der Waals surface area contributed by atoms with Gasteiger partial charge in [0.15, 0.2) is 6.61 Å². The second kappa shape index (κ2) is 10.8. The molecule has 0 saturated heterocycles. The van der Waals surface area contributed by atoms with Crippen molar-refractivity contribution in [3.8, 4) is 5.75 Å². The summed E-state index contributed by atoms with van der Waals surface area (Å²) in [6.45, 7) is 5.68. The van der Waals surface area contributed by atoms with Crippen LogP contribution in [0, 0.1) is 6.92 Å². The van der Waals surface area contributed by atoms with E-state index in [1.54, 1.807) is 23.1 Å². The predicted molar refractivity (Wildman–Crippen MR) is 128 cm³/mol. The number of amides is 2. The van der Waals surface area contributed by atoms with E-state index in [4.69, 9.17) is 16.3 Å². The molecular weight excluding hydrogens is 424 g/mol. The number of aryl methyl sites for hydroxylation is 1. The number of nitrogens with zero attached hydrogens (tertiary/aromatic N) is 1. The topological polar surface area (TPSA) is 58.6 Å². The summed E-state index contributed by atoms with van der Waals surface area (Å²) < 4.78 is 5.83. The van der Waals surface area contributed by atoms with Crippen LogP contribution in [0.15, 0.2) is 72.8 Å². The van der Waals surface area contributed by atoms with Crippen molar-refractivity contribution < 1.29 is 14.3 Å². The van der Waals surface area contributed by atoms with E-state index in [2.05, 4.69) is 5.32 Å². The fraction of sp³-hybridized carbons (Fsp3) is 0.231. The second-order valence-corrected chi connectivity index (χ2v) is 8.12. The fourth-order valence-electron chi connectivity index (χ4n) is 3.48. The Bertz CT molecular complexity index is 1090. The van der Waals surface area contributed by atoms with Crippen LogP contribution >= 0.6 is 11.6 Å². The third-order valence-electron chi connectivity index (χ3n) is 5.16. The molecule has 166 valence electrons. The normalized spacial score (nSPS) is 11.5. The van der Waals surface area contributed by atoms with Gasteiger partial charge in [0.2, 0.25) is 5.91 Å². The molecule has 3 aromatic carbocycles. The average Bonchev–Trinajstić information content (AvgIpc) is 2.76. The van der Waals surface area contributed by atoms with Crippen molar-refractivity contribution >= 4 is 29.1 Å². The number of hydrogen-bond acceptors (Lipinski definition) is 3. The van der Waals surface area contributed by atoms with Crippen molar-refractivity contribution in [3.05, 3.63) is 94.5 Å².